The lowest BCUT2D eigenvalue weighted by Gasteiger charge is -2.07. The number of hydrogen-bond donors (Lipinski definition) is 1. The number of aromatic nitrogens is 3. The third kappa shape index (κ3) is 3.14. The Labute approximate surface area is 165 Å². The highest BCUT2D eigenvalue weighted by Crippen LogP contribution is 2.33. The summed E-state index contributed by atoms with van der Waals surface area (Å²) in [5, 5.41) is 7.52. The molecule has 0 aliphatic carbocycles. The maximum atomic E-state index is 13.2. The van der Waals surface area contributed by atoms with Gasteiger partial charge in [0, 0.05) is 11.8 Å². The zero-order chi connectivity index (χ0) is 19.6. The van der Waals surface area contributed by atoms with Gasteiger partial charge in [-0.1, -0.05) is 41.6 Å². The van der Waals surface area contributed by atoms with Crippen molar-refractivity contribution in [3.63, 3.8) is 0 Å². The third-order valence-corrected chi connectivity index (χ3v) is 4.42. The number of fused-ring (bicyclic) bond motifs is 1. The van der Waals surface area contributed by atoms with E-state index in [1.807, 2.05) is 30.3 Å². The molecule has 0 bridgehead atoms. The summed E-state index contributed by atoms with van der Waals surface area (Å²) < 4.78 is 10.9. The van der Waals surface area contributed by atoms with Gasteiger partial charge in [0.05, 0.1) is 17.2 Å². The van der Waals surface area contributed by atoms with E-state index in [0.717, 1.165) is 5.56 Å². The Morgan fingerprint density at radius 3 is 2.59 bits per heavy atom. The van der Waals surface area contributed by atoms with Gasteiger partial charge in [-0.05, 0) is 30.3 Å². The molecule has 5 aromatic rings. The summed E-state index contributed by atoms with van der Waals surface area (Å²) in [5.74, 6) is 0.625. The number of hydrogen-bond acceptors (Lipinski definition) is 6. The molecular weight excluding hydrogens is 368 g/mol. The summed E-state index contributed by atoms with van der Waals surface area (Å²) in [6.07, 6.45) is 3.16. The highest BCUT2D eigenvalue weighted by molar-refractivity contribution is 6.15. The first-order valence-corrected chi connectivity index (χ1v) is 8.92. The Bertz CT molecular complexity index is 1280. The number of amides is 1. The first kappa shape index (κ1) is 16.9. The van der Waals surface area contributed by atoms with Gasteiger partial charge in [0.1, 0.15) is 17.2 Å². The minimum absolute atomic E-state index is 0.254. The highest BCUT2D eigenvalue weighted by Gasteiger charge is 2.23. The van der Waals surface area contributed by atoms with Crippen molar-refractivity contribution in [1.82, 2.24) is 15.1 Å². The number of nitrogens with zero attached hydrogens (tertiary/aromatic N) is 3. The molecule has 4 heterocycles. The van der Waals surface area contributed by atoms with Gasteiger partial charge >= 0.3 is 0 Å². The average Bonchev–Trinajstić information content (AvgIpc) is 3.44. The lowest BCUT2D eigenvalue weighted by atomic mass is 10.0. The average molecular weight is 382 g/mol. The molecule has 0 atom stereocenters. The van der Waals surface area contributed by atoms with E-state index in [9.17, 15) is 4.79 Å². The van der Waals surface area contributed by atoms with Gasteiger partial charge < -0.3 is 14.3 Å². The lowest BCUT2D eigenvalue weighted by Crippen LogP contribution is -2.14. The Morgan fingerprint density at radius 1 is 0.966 bits per heavy atom. The van der Waals surface area contributed by atoms with E-state index in [2.05, 4.69) is 20.4 Å². The van der Waals surface area contributed by atoms with E-state index >= 15 is 0 Å². The van der Waals surface area contributed by atoms with Gasteiger partial charge in [0.2, 0.25) is 0 Å². The van der Waals surface area contributed by atoms with Crippen LogP contribution in [-0.2, 0) is 0 Å². The number of anilines is 1. The summed E-state index contributed by atoms with van der Waals surface area (Å²) in [4.78, 5) is 21.8. The minimum Gasteiger partial charge on any atom is -0.463 e. The predicted molar refractivity (Wildman–Crippen MR) is 107 cm³/mol. The summed E-state index contributed by atoms with van der Waals surface area (Å²) in [7, 11) is 0. The van der Waals surface area contributed by atoms with E-state index in [-0.39, 0.29) is 11.6 Å². The standard InChI is InChI=1S/C22H14N4O3/c27-21(25-18-10-4-5-11-23-18)15-13-16(17-9-6-12-28-17)24-22-19(15)20(26-29-22)14-7-2-1-3-8-14/h1-13H,(H,23,25,27). The van der Waals surface area contributed by atoms with Crippen LogP contribution in [0.3, 0.4) is 0 Å². The van der Waals surface area contributed by atoms with Gasteiger partial charge in [0.15, 0.2) is 5.76 Å². The first-order valence-electron chi connectivity index (χ1n) is 8.92. The molecule has 7 nitrogen and oxygen atoms in total. The molecule has 1 aromatic carbocycles. The molecule has 1 N–H and O–H groups in total. The molecule has 0 spiro atoms. The van der Waals surface area contributed by atoms with Crippen molar-refractivity contribution in [1.29, 1.82) is 0 Å². The number of furan rings is 1. The molecule has 0 saturated heterocycles. The van der Waals surface area contributed by atoms with E-state index in [0.29, 0.717) is 33.9 Å². The second-order valence-electron chi connectivity index (χ2n) is 6.28. The normalized spacial score (nSPS) is 10.9. The van der Waals surface area contributed by atoms with Crippen molar-refractivity contribution in [2.24, 2.45) is 0 Å². The zero-order valence-electron chi connectivity index (χ0n) is 15.1. The van der Waals surface area contributed by atoms with Crippen molar-refractivity contribution < 1.29 is 13.7 Å². The maximum absolute atomic E-state index is 13.2. The number of benzene rings is 1. The van der Waals surface area contributed by atoms with Gasteiger partial charge in [-0.3, -0.25) is 4.79 Å². The van der Waals surface area contributed by atoms with Crippen LogP contribution in [0.1, 0.15) is 10.4 Å². The molecule has 7 heteroatoms. The molecule has 140 valence electrons. The topological polar surface area (TPSA) is 94.1 Å². The van der Waals surface area contributed by atoms with Crippen molar-refractivity contribution in [2.75, 3.05) is 5.32 Å². The van der Waals surface area contributed by atoms with Crippen LogP contribution in [0, 0.1) is 0 Å². The maximum Gasteiger partial charge on any atom is 0.259 e. The molecule has 29 heavy (non-hydrogen) atoms. The number of rotatable bonds is 4. The van der Waals surface area contributed by atoms with Crippen LogP contribution in [0.4, 0.5) is 5.82 Å². The minimum atomic E-state index is -0.343. The fourth-order valence-electron chi connectivity index (χ4n) is 3.09. The van der Waals surface area contributed by atoms with Gasteiger partial charge in [0.25, 0.3) is 11.6 Å². The summed E-state index contributed by atoms with van der Waals surface area (Å²) in [6, 6.07) is 20.0. The van der Waals surface area contributed by atoms with Crippen molar-refractivity contribution >= 4 is 22.8 Å². The zero-order valence-corrected chi connectivity index (χ0v) is 15.1. The molecule has 0 fully saturated rings. The van der Waals surface area contributed by atoms with E-state index in [1.165, 1.54) is 0 Å². The molecule has 5 rings (SSSR count). The van der Waals surface area contributed by atoms with E-state index < -0.39 is 0 Å². The van der Waals surface area contributed by atoms with Crippen LogP contribution in [0.25, 0.3) is 33.8 Å². The summed E-state index contributed by atoms with van der Waals surface area (Å²) >= 11 is 0. The third-order valence-electron chi connectivity index (χ3n) is 4.42. The van der Waals surface area contributed by atoms with E-state index in [4.69, 9.17) is 8.94 Å². The Balaban J connectivity index is 1.70. The molecule has 0 aliphatic rings. The summed E-state index contributed by atoms with van der Waals surface area (Å²) in [6.45, 7) is 0. The van der Waals surface area contributed by atoms with Crippen LogP contribution < -0.4 is 5.32 Å². The van der Waals surface area contributed by atoms with Crippen LogP contribution in [0.5, 0.6) is 0 Å². The number of carbonyl (C=O) groups is 1. The van der Waals surface area contributed by atoms with Gasteiger partial charge in [-0.2, -0.15) is 0 Å². The lowest BCUT2D eigenvalue weighted by molar-refractivity contribution is 0.102. The van der Waals surface area contributed by atoms with Crippen molar-refractivity contribution in [2.45, 2.75) is 0 Å². The van der Waals surface area contributed by atoms with Crippen LogP contribution in [0.15, 0.2) is 88.1 Å². The monoisotopic (exact) mass is 382 g/mol. The molecule has 4 aromatic heterocycles. The second-order valence-corrected chi connectivity index (χ2v) is 6.28. The molecule has 0 aliphatic heterocycles. The van der Waals surface area contributed by atoms with Gasteiger partial charge in [-0.15, -0.1) is 0 Å². The Kier molecular flexibility index (Phi) is 4.10. The molecule has 0 radical (unpaired) electrons. The van der Waals surface area contributed by atoms with Gasteiger partial charge in [-0.25, -0.2) is 9.97 Å². The van der Waals surface area contributed by atoms with Crippen LogP contribution >= 0.6 is 0 Å². The molecule has 0 saturated carbocycles. The smallest absolute Gasteiger partial charge is 0.259 e. The number of carbonyl (C=O) groups excluding carboxylic acids is 1. The molecule has 0 unspecified atom stereocenters. The first-order chi connectivity index (χ1) is 14.3. The second kappa shape index (κ2) is 7.05. The SMILES string of the molecule is O=C(Nc1ccccn1)c1cc(-c2ccco2)nc2onc(-c3ccccc3)c12. The largest absolute Gasteiger partial charge is 0.463 e. The fourth-order valence-corrected chi connectivity index (χ4v) is 3.09. The Hall–Kier alpha value is -4.26. The van der Waals surface area contributed by atoms with Crippen LogP contribution in [-0.4, -0.2) is 21.0 Å². The Morgan fingerprint density at radius 2 is 1.83 bits per heavy atom. The van der Waals surface area contributed by atoms with E-state index in [1.54, 1.807) is 48.9 Å². The van der Waals surface area contributed by atoms with Crippen LogP contribution in [0.2, 0.25) is 0 Å². The number of pyridine rings is 2. The summed E-state index contributed by atoms with van der Waals surface area (Å²) in [5.41, 5.74) is 2.47. The highest BCUT2D eigenvalue weighted by atomic mass is 16.5. The van der Waals surface area contributed by atoms with Crippen molar-refractivity contribution in [3.8, 4) is 22.7 Å². The number of nitrogens with one attached hydrogen (secondary N) is 1. The van der Waals surface area contributed by atoms with Crippen molar-refractivity contribution in [3.05, 3.63) is 84.8 Å². The molecular formula is C22H14N4O3. The predicted octanol–water partition coefficient (Wildman–Crippen LogP) is 4.80. The molecule has 1 amide bonds. The fraction of sp³-hybridized carbons (Fsp3) is 0. The quantitative estimate of drug-likeness (QED) is 0.480.